The van der Waals surface area contributed by atoms with Gasteiger partial charge in [0.15, 0.2) is 9.88 Å². The molecule has 0 aromatic carbocycles. The number of thiocarbonyl (C=S) groups is 1. The van der Waals surface area contributed by atoms with E-state index in [4.69, 9.17) is 29.0 Å². The van der Waals surface area contributed by atoms with Crippen molar-refractivity contribution in [2.45, 2.75) is 40.8 Å². The van der Waals surface area contributed by atoms with Gasteiger partial charge >= 0.3 is 7.82 Å². The summed E-state index contributed by atoms with van der Waals surface area (Å²) < 4.78 is 18.9. The van der Waals surface area contributed by atoms with Crippen molar-refractivity contribution in [3.8, 4) is 5.88 Å². The second-order valence-electron chi connectivity index (χ2n) is 6.70. The van der Waals surface area contributed by atoms with Crippen LogP contribution in [-0.2, 0) is 27.2 Å². The normalized spacial score (nSPS) is 15.1. The van der Waals surface area contributed by atoms with Crippen molar-refractivity contribution in [3.05, 3.63) is 38.4 Å². The Morgan fingerprint density at radius 1 is 0.909 bits per heavy atom. The molecule has 1 aliphatic rings. The first kappa shape index (κ1) is 26.8. The van der Waals surface area contributed by atoms with Crippen molar-refractivity contribution in [2.24, 2.45) is 0 Å². The topological polar surface area (TPSA) is 134 Å². The summed E-state index contributed by atoms with van der Waals surface area (Å²) in [5, 5.41) is 0.115. The maximum Gasteiger partial charge on any atom is 0.526 e. The molecular formula is C19H25N4O7PS2. The molecule has 2 N–H and O–H groups in total. The first-order valence-electron chi connectivity index (χ1n) is 10.1. The molecule has 1 fully saturated rings. The number of phosphoric ester groups is 1. The van der Waals surface area contributed by atoms with Crippen LogP contribution in [0.3, 0.4) is 0 Å². The molecule has 1 aromatic rings. The second kappa shape index (κ2) is 10.7. The van der Waals surface area contributed by atoms with Crippen LogP contribution in [0.25, 0.3) is 6.08 Å². The minimum Gasteiger partial charge on any atom is -0.387 e. The molecule has 0 spiro atoms. The number of nitrogens with zero attached hydrogens (tertiary/aromatic N) is 4. The fraction of sp³-hybridized carbons (Fsp3) is 0.421. The van der Waals surface area contributed by atoms with Crippen LogP contribution in [0.4, 0.5) is 0 Å². The van der Waals surface area contributed by atoms with Gasteiger partial charge in [-0.3, -0.25) is 43.1 Å². The minimum absolute atomic E-state index is 0.0345. The summed E-state index contributed by atoms with van der Waals surface area (Å²) in [7, 11) is -5.03. The van der Waals surface area contributed by atoms with Crippen molar-refractivity contribution in [3.63, 3.8) is 0 Å². The zero-order valence-corrected chi connectivity index (χ0v) is 21.1. The van der Waals surface area contributed by atoms with Gasteiger partial charge in [0.2, 0.25) is 5.88 Å². The Morgan fingerprint density at radius 2 is 1.42 bits per heavy atom. The summed E-state index contributed by atoms with van der Waals surface area (Å²) in [4.78, 5) is 59.7. The van der Waals surface area contributed by atoms with Crippen molar-refractivity contribution >= 4 is 55.3 Å². The van der Waals surface area contributed by atoms with Gasteiger partial charge in [0.25, 0.3) is 17.4 Å². The summed E-state index contributed by atoms with van der Waals surface area (Å²) in [6, 6.07) is 0. The Hall–Kier alpha value is -2.44. The van der Waals surface area contributed by atoms with Crippen molar-refractivity contribution in [1.29, 1.82) is 0 Å². The number of hydrogen-bond acceptors (Lipinski definition) is 7. The first-order chi connectivity index (χ1) is 15.4. The molecule has 11 nitrogen and oxygen atoms in total. The van der Waals surface area contributed by atoms with E-state index in [1.165, 1.54) is 37.2 Å². The van der Waals surface area contributed by atoms with Gasteiger partial charge in [-0.1, -0.05) is 6.08 Å². The van der Waals surface area contributed by atoms with Crippen LogP contribution in [0, 0.1) is 4.77 Å². The van der Waals surface area contributed by atoms with E-state index in [1.807, 2.05) is 0 Å². The molecule has 0 atom stereocenters. The van der Waals surface area contributed by atoms with Gasteiger partial charge in [-0.2, -0.15) is 0 Å². The van der Waals surface area contributed by atoms with E-state index in [0.717, 1.165) is 0 Å². The smallest absolute Gasteiger partial charge is 0.387 e. The lowest BCUT2D eigenvalue weighted by atomic mass is 10.1. The molecule has 180 valence electrons. The number of phosphoric acid groups is 1. The lowest BCUT2D eigenvalue weighted by Gasteiger charge is -2.35. The Bertz CT molecular complexity index is 1180. The largest absolute Gasteiger partial charge is 0.526 e. The summed E-state index contributed by atoms with van der Waals surface area (Å²) in [6.07, 6.45) is 3.72. The van der Waals surface area contributed by atoms with Crippen molar-refractivity contribution in [1.82, 2.24) is 18.9 Å². The van der Waals surface area contributed by atoms with Crippen LogP contribution in [0.15, 0.2) is 22.5 Å². The Kier molecular flexibility index (Phi) is 8.66. The molecule has 1 saturated heterocycles. The number of likely N-dealkylation sites (N-methyl/N-ethyl adjacent to an activating group) is 2. The molecule has 0 radical (unpaired) electrons. The summed E-state index contributed by atoms with van der Waals surface area (Å²) in [6.45, 7) is 7.71. The highest BCUT2D eigenvalue weighted by Gasteiger charge is 2.37. The fourth-order valence-corrected chi connectivity index (χ4v) is 4.53. The number of hydrogen-bond donors (Lipinski definition) is 2. The number of allylic oxidation sites excluding steroid dienone is 2. The summed E-state index contributed by atoms with van der Waals surface area (Å²) in [5.74, 6) is -1.57. The molecule has 1 aromatic heterocycles. The van der Waals surface area contributed by atoms with Gasteiger partial charge in [-0.05, 0) is 64.3 Å². The number of aromatic nitrogens is 2. The highest BCUT2D eigenvalue weighted by molar-refractivity contribution is 7.80. The highest BCUT2D eigenvalue weighted by atomic mass is 32.1. The predicted octanol–water partition coefficient (Wildman–Crippen LogP) is 1.83. The molecule has 2 amide bonds. The van der Waals surface area contributed by atoms with Crippen LogP contribution < -0.4 is 10.1 Å². The minimum atomic E-state index is -5.03. The molecule has 2 rings (SSSR count). The highest BCUT2D eigenvalue weighted by Crippen LogP contribution is 2.39. The fourth-order valence-electron chi connectivity index (χ4n) is 3.26. The molecule has 33 heavy (non-hydrogen) atoms. The van der Waals surface area contributed by atoms with Gasteiger partial charge in [0.1, 0.15) is 11.1 Å². The van der Waals surface area contributed by atoms with Crippen LogP contribution >= 0.6 is 32.3 Å². The van der Waals surface area contributed by atoms with Crippen LogP contribution in [-0.4, -0.2) is 58.7 Å². The average Bonchev–Trinajstić information content (AvgIpc) is 2.72. The van der Waals surface area contributed by atoms with E-state index in [1.54, 1.807) is 27.7 Å². The molecule has 0 saturated carbocycles. The number of rotatable bonds is 8. The van der Waals surface area contributed by atoms with E-state index in [2.05, 4.69) is 0 Å². The second-order valence-corrected chi connectivity index (χ2v) is 8.59. The third-order valence-corrected chi connectivity index (χ3v) is 6.11. The molecule has 1 aliphatic heterocycles. The van der Waals surface area contributed by atoms with E-state index in [-0.39, 0.29) is 47.2 Å². The first-order valence-corrected chi connectivity index (χ1v) is 12.5. The molecule has 0 bridgehead atoms. The zero-order chi connectivity index (χ0) is 25.1. The van der Waals surface area contributed by atoms with Crippen LogP contribution in [0.1, 0.15) is 33.3 Å². The maximum absolute atomic E-state index is 13.0. The van der Waals surface area contributed by atoms with Crippen LogP contribution in [0.2, 0.25) is 0 Å². The average molecular weight is 517 g/mol. The van der Waals surface area contributed by atoms with E-state index < -0.39 is 31.1 Å². The van der Waals surface area contributed by atoms with Gasteiger partial charge in [0.05, 0.1) is 0 Å². The number of carbonyl (C=O) groups is 2. The zero-order valence-electron chi connectivity index (χ0n) is 18.5. The quantitative estimate of drug-likeness (QED) is 0.230. The molecule has 14 heteroatoms. The van der Waals surface area contributed by atoms with Crippen LogP contribution in [0.5, 0.6) is 5.88 Å². The van der Waals surface area contributed by atoms with Crippen molar-refractivity contribution < 1.29 is 28.5 Å². The third kappa shape index (κ3) is 5.39. The third-order valence-electron chi connectivity index (χ3n) is 4.82. The molecular weight excluding hydrogens is 491 g/mol. The summed E-state index contributed by atoms with van der Waals surface area (Å²) in [5.41, 5.74) is -1.00. The maximum atomic E-state index is 13.0. The molecule has 2 heterocycles. The van der Waals surface area contributed by atoms with Gasteiger partial charge in [-0.25, -0.2) is 4.57 Å². The Labute approximate surface area is 200 Å². The lowest BCUT2D eigenvalue weighted by Crippen LogP contribution is -2.55. The monoisotopic (exact) mass is 516 g/mol. The Balaban J connectivity index is 2.68. The van der Waals surface area contributed by atoms with E-state index in [0.29, 0.717) is 0 Å². The van der Waals surface area contributed by atoms with Gasteiger partial charge in [-0.15, -0.1) is 0 Å². The van der Waals surface area contributed by atoms with Gasteiger partial charge in [0, 0.05) is 26.2 Å². The van der Waals surface area contributed by atoms with Gasteiger partial charge < -0.3 is 4.52 Å². The van der Waals surface area contributed by atoms with E-state index in [9.17, 15) is 28.7 Å². The van der Waals surface area contributed by atoms with Crippen molar-refractivity contribution in [2.75, 3.05) is 13.1 Å². The predicted molar refractivity (Wildman–Crippen MR) is 128 cm³/mol. The lowest BCUT2D eigenvalue weighted by molar-refractivity contribution is -0.133. The standard InChI is InChI=1S/C19H25N4O7PS2/c1-5-20-14(24)12(15(25)21(6-2)18(20)32)10-9-11-13-16(26)22(7-3)19(33)23(8-4)17(13)30-31(27,28)29/h9-11H,5-8H2,1-4H3,(H2,27,28,29)/b11-9+. The number of carbonyl (C=O) groups excluding carboxylic acids is 2. The molecule has 0 aliphatic carbocycles. The SMILES string of the molecule is CCN1C(=O)C(=C/C=C/c2c(OP(=O)(O)O)n(CC)c(=S)n(CC)c2=O)C(=O)N(CC)C1=S. The summed E-state index contributed by atoms with van der Waals surface area (Å²) >= 11 is 10.5. The molecule has 0 unspecified atom stereocenters. The number of amides is 2. The Morgan fingerprint density at radius 3 is 1.85 bits per heavy atom. The van der Waals surface area contributed by atoms with E-state index >= 15 is 0 Å².